The van der Waals surface area contributed by atoms with Crippen LogP contribution in [-0.2, 0) is 4.74 Å². The number of fused-ring (bicyclic) bond motifs is 1. The van der Waals surface area contributed by atoms with Crippen molar-refractivity contribution in [2.75, 3.05) is 26.7 Å². The molecule has 1 unspecified atom stereocenters. The van der Waals surface area contributed by atoms with Gasteiger partial charge in [-0.15, -0.1) is 0 Å². The van der Waals surface area contributed by atoms with Gasteiger partial charge in [0.25, 0.3) is 0 Å². The number of carboxylic acids is 1. The molecule has 3 rings (SSSR count). The van der Waals surface area contributed by atoms with Crippen LogP contribution in [0, 0.1) is 0 Å². The molecule has 2 aromatic rings. The summed E-state index contributed by atoms with van der Waals surface area (Å²) in [6, 6.07) is 3.15. The molecule has 0 spiro atoms. The van der Waals surface area contributed by atoms with Gasteiger partial charge >= 0.3 is 11.9 Å². The highest BCUT2D eigenvalue weighted by atomic mass is 16.5. The number of aromatic carboxylic acids is 1. The molecule has 0 radical (unpaired) electrons. The highest BCUT2D eigenvalue weighted by Crippen LogP contribution is 2.28. The van der Waals surface area contributed by atoms with Crippen molar-refractivity contribution in [3.05, 3.63) is 35.4 Å². The first-order valence-electron chi connectivity index (χ1n) is 7.61. The number of carbonyl (C=O) groups excluding carboxylic acids is 1. The molecule has 3 heterocycles. The van der Waals surface area contributed by atoms with Crippen molar-refractivity contribution in [1.82, 2.24) is 14.3 Å². The molecule has 7 heteroatoms. The van der Waals surface area contributed by atoms with E-state index in [4.69, 9.17) is 4.74 Å². The molecular formula is C16H19N3O4. The number of esters is 1. The van der Waals surface area contributed by atoms with Crippen molar-refractivity contribution in [1.29, 1.82) is 0 Å². The van der Waals surface area contributed by atoms with Crippen LogP contribution in [0.15, 0.2) is 18.3 Å². The number of ether oxygens (including phenoxy) is 1. The van der Waals surface area contributed by atoms with Gasteiger partial charge < -0.3 is 19.1 Å². The summed E-state index contributed by atoms with van der Waals surface area (Å²) in [5, 5.41) is 9.42. The van der Waals surface area contributed by atoms with E-state index in [-0.39, 0.29) is 11.6 Å². The summed E-state index contributed by atoms with van der Waals surface area (Å²) in [5.41, 5.74) is 0.710. The van der Waals surface area contributed by atoms with Crippen LogP contribution in [0.2, 0.25) is 0 Å². The molecule has 1 N–H and O–H groups in total. The Kier molecular flexibility index (Phi) is 4.04. The third kappa shape index (κ3) is 2.68. The van der Waals surface area contributed by atoms with Crippen LogP contribution >= 0.6 is 0 Å². The lowest BCUT2D eigenvalue weighted by molar-refractivity contribution is 0.0599. The molecule has 7 nitrogen and oxygen atoms in total. The monoisotopic (exact) mass is 317 g/mol. The van der Waals surface area contributed by atoms with Gasteiger partial charge in [-0.05, 0) is 31.6 Å². The van der Waals surface area contributed by atoms with Crippen LogP contribution in [0.5, 0.6) is 0 Å². The van der Waals surface area contributed by atoms with Crippen LogP contribution in [0.1, 0.15) is 45.9 Å². The summed E-state index contributed by atoms with van der Waals surface area (Å²) in [7, 11) is 1.30. The number of aromatic nitrogens is 2. The number of nitrogens with zero attached hydrogens (tertiary/aromatic N) is 3. The average Bonchev–Trinajstić information content (AvgIpc) is 3.17. The zero-order valence-corrected chi connectivity index (χ0v) is 13.2. The fraction of sp³-hybridized carbons (Fsp3) is 0.438. The lowest BCUT2D eigenvalue weighted by atomic mass is 10.1. The lowest BCUT2D eigenvalue weighted by Crippen LogP contribution is -2.19. The van der Waals surface area contributed by atoms with Gasteiger partial charge in [0.2, 0.25) is 0 Å². The topological polar surface area (TPSA) is 84.1 Å². The first-order chi connectivity index (χ1) is 11.0. The van der Waals surface area contributed by atoms with Crippen molar-refractivity contribution in [3.8, 4) is 0 Å². The largest absolute Gasteiger partial charge is 0.476 e. The molecule has 0 amide bonds. The molecule has 1 aliphatic heterocycles. The summed E-state index contributed by atoms with van der Waals surface area (Å²) >= 11 is 0. The second-order valence-electron chi connectivity index (χ2n) is 5.66. The predicted molar refractivity (Wildman–Crippen MR) is 83.0 cm³/mol. The number of rotatable bonds is 4. The van der Waals surface area contributed by atoms with Crippen LogP contribution in [0.4, 0.5) is 0 Å². The Hall–Kier alpha value is -2.41. The molecule has 0 aliphatic carbocycles. The Morgan fingerprint density at radius 3 is 2.87 bits per heavy atom. The maximum absolute atomic E-state index is 11.7. The predicted octanol–water partition coefficient (Wildman–Crippen LogP) is 1.63. The van der Waals surface area contributed by atoms with Gasteiger partial charge in [-0.2, -0.15) is 0 Å². The van der Waals surface area contributed by atoms with Gasteiger partial charge in [0.1, 0.15) is 5.82 Å². The maximum atomic E-state index is 11.7. The molecule has 1 saturated heterocycles. The third-order valence-electron chi connectivity index (χ3n) is 4.38. The maximum Gasteiger partial charge on any atom is 0.356 e. The highest BCUT2D eigenvalue weighted by Gasteiger charge is 2.29. The van der Waals surface area contributed by atoms with Crippen molar-refractivity contribution >= 4 is 17.5 Å². The van der Waals surface area contributed by atoms with Gasteiger partial charge in [-0.3, -0.25) is 0 Å². The number of hydrogen-bond donors (Lipinski definition) is 1. The number of carboxylic acid groups (broad SMARTS) is 1. The van der Waals surface area contributed by atoms with E-state index in [1.807, 2.05) is 0 Å². The number of hydrogen-bond acceptors (Lipinski definition) is 5. The van der Waals surface area contributed by atoms with E-state index < -0.39 is 11.9 Å². The Balaban J connectivity index is 2.09. The van der Waals surface area contributed by atoms with E-state index in [1.54, 1.807) is 16.7 Å². The summed E-state index contributed by atoms with van der Waals surface area (Å²) in [5.74, 6) is -0.657. The molecule has 0 aromatic carbocycles. The van der Waals surface area contributed by atoms with Crippen LogP contribution in [0.25, 0.3) is 5.52 Å². The Morgan fingerprint density at radius 2 is 2.26 bits per heavy atom. The first kappa shape index (κ1) is 15.5. The molecule has 0 saturated carbocycles. The molecule has 122 valence electrons. The number of carbonyl (C=O) groups is 2. The molecule has 1 atom stereocenters. The number of methoxy groups -OCH3 is 1. The van der Waals surface area contributed by atoms with Gasteiger partial charge in [0, 0.05) is 18.7 Å². The molecule has 0 bridgehead atoms. The number of likely N-dealkylation sites (tertiary alicyclic amines) is 1. The van der Waals surface area contributed by atoms with Crippen molar-refractivity contribution in [3.63, 3.8) is 0 Å². The minimum Gasteiger partial charge on any atom is -0.476 e. The van der Waals surface area contributed by atoms with Gasteiger partial charge in [-0.1, -0.05) is 6.92 Å². The Bertz CT molecular complexity index is 768. The molecular weight excluding hydrogens is 298 g/mol. The van der Waals surface area contributed by atoms with Crippen molar-refractivity contribution in [2.45, 2.75) is 19.3 Å². The van der Waals surface area contributed by atoms with Gasteiger partial charge in [0.15, 0.2) is 5.69 Å². The molecule has 1 fully saturated rings. The normalized spacial score (nSPS) is 18.4. The summed E-state index contributed by atoms with van der Waals surface area (Å²) in [4.78, 5) is 29.9. The van der Waals surface area contributed by atoms with Crippen LogP contribution in [-0.4, -0.2) is 58.1 Å². The standard InChI is InChI=1S/C16H19N3O4/c1-3-18-6-4-11(9-18)14-17-13(15(20)21)12-8-10(16(22)23-2)5-7-19(12)14/h5,7-8,11H,3-4,6,9H2,1-2H3,(H,20,21). The number of likely N-dealkylation sites (N-methyl/N-ethyl adjacent to an activating group) is 1. The number of imidazole rings is 1. The Labute approximate surface area is 133 Å². The fourth-order valence-electron chi connectivity index (χ4n) is 3.13. The summed E-state index contributed by atoms with van der Waals surface area (Å²) < 4.78 is 6.48. The van der Waals surface area contributed by atoms with Crippen molar-refractivity contribution < 1.29 is 19.4 Å². The van der Waals surface area contributed by atoms with E-state index in [0.717, 1.165) is 31.9 Å². The number of pyridine rings is 1. The van der Waals surface area contributed by atoms with Crippen LogP contribution < -0.4 is 0 Å². The minimum absolute atomic E-state index is 0.0271. The minimum atomic E-state index is -1.10. The second kappa shape index (κ2) is 6.00. The molecule has 2 aromatic heterocycles. The third-order valence-corrected chi connectivity index (χ3v) is 4.38. The van der Waals surface area contributed by atoms with Gasteiger partial charge in [0.05, 0.1) is 18.2 Å². The fourth-order valence-corrected chi connectivity index (χ4v) is 3.13. The first-order valence-corrected chi connectivity index (χ1v) is 7.61. The smallest absolute Gasteiger partial charge is 0.356 e. The quantitative estimate of drug-likeness (QED) is 0.863. The van der Waals surface area contributed by atoms with Gasteiger partial charge in [-0.25, -0.2) is 14.6 Å². The zero-order chi connectivity index (χ0) is 16.6. The highest BCUT2D eigenvalue weighted by molar-refractivity contribution is 5.97. The van der Waals surface area contributed by atoms with Crippen LogP contribution in [0.3, 0.4) is 0 Å². The summed E-state index contributed by atoms with van der Waals surface area (Å²) in [6.07, 6.45) is 2.65. The lowest BCUT2D eigenvalue weighted by Gasteiger charge is -2.12. The Morgan fingerprint density at radius 1 is 1.48 bits per heavy atom. The molecule has 23 heavy (non-hydrogen) atoms. The van der Waals surface area contributed by atoms with Crippen molar-refractivity contribution in [2.24, 2.45) is 0 Å². The van der Waals surface area contributed by atoms with E-state index in [9.17, 15) is 14.7 Å². The average molecular weight is 317 g/mol. The van der Waals surface area contributed by atoms with E-state index in [0.29, 0.717) is 11.1 Å². The SMILES string of the molecule is CCN1CCC(c2nc(C(=O)O)c3cc(C(=O)OC)ccn23)C1. The van der Waals surface area contributed by atoms with E-state index in [1.165, 1.54) is 13.2 Å². The zero-order valence-electron chi connectivity index (χ0n) is 13.2. The van der Waals surface area contributed by atoms with E-state index in [2.05, 4.69) is 16.8 Å². The second-order valence-corrected chi connectivity index (χ2v) is 5.66. The molecule has 1 aliphatic rings. The van der Waals surface area contributed by atoms with E-state index >= 15 is 0 Å². The summed E-state index contributed by atoms with van der Waals surface area (Å²) in [6.45, 7) is 4.93.